The van der Waals surface area contributed by atoms with Gasteiger partial charge in [0.05, 0.1) is 6.54 Å². The summed E-state index contributed by atoms with van der Waals surface area (Å²) in [5.41, 5.74) is 2.52. The minimum atomic E-state index is 0.112. The number of nitrogens with zero attached hydrogens (tertiary/aromatic N) is 3. The number of carbonyl (C=O) groups is 1. The molecule has 1 N–H and O–H groups in total. The van der Waals surface area contributed by atoms with Gasteiger partial charge in [-0.15, -0.1) is 0 Å². The summed E-state index contributed by atoms with van der Waals surface area (Å²) in [6, 6.07) is 8.45. The molecule has 0 unspecified atom stereocenters. The van der Waals surface area contributed by atoms with E-state index in [1.54, 1.807) is 11.9 Å². The summed E-state index contributed by atoms with van der Waals surface area (Å²) in [6.45, 7) is 2.60. The van der Waals surface area contributed by atoms with Crippen LogP contribution in [0.3, 0.4) is 0 Å². The van der Waals surface area contributed by atoms with Crippen LogP contribution in [-0.2, 0) is 24.2 Å². The van der Waals surface area contributed by atoms with E-state index in [0.29, 0.717) is 18.8 Å². The molecule has 0 spiro atoms. The molecule has 0 radical (unpaired) electrons. The molecular weight excluding hydrogens is 252 g/mol. The molecule has 20 heavy (non-hydrogen) atoms. The van der Waals surface area contributed by atoms with Crippen LogP contribution in [0.15, 0.2) is 30.6 Å². The van der Waals surface area contributed by atoms with E-state index in [-0.39, 0.29) is 5.91 Å². The Bertz CT molecular complexity index is 534. The van der Waals surface area contributed by atoms with E-state index < -0.39 is 0 Å². The molecule has 0 saturated carbocycles. The Morgan fingerprint density at radius 3 is 2.55 bits per heavy atom. The molecule has 0 atom stereocenters. The number of amides is 1. The first-order valence-electron chi connectivity index (χ1n) is 6.85. The summed E-state index contributed by atoms with van der Waals surface area (Å²) >= 11 is 0. The quantitative estimate of drug-likeness (QED) is 0.874. The summed E-state index contributed by atoms with van der Waals surface area (Å²) in [4.78, 5) is 17.7. The van der Waals surface area contributed by atoms with Crippen LogP contribution >= 0.6 is 0 Å². The minimum absolute atomic E-state index is 0.112. The van der Waals surface area contributed by atoms with Gasteiger partial charge in [0.1, 0.15) is 12.2 Å². The topological polar surface area (TPSA) is 61.9 Å². The number of benzene rings is 1. The van der Waals surface area contributed by atoms with Crippen molar-refractivity contribution in [1.29, 1.82) is 0 Å². The third kappa shape index (κ3) is 3.91. The van der Waals surface area contributed by atoms with Crippen molar-refractivity contribution in [1.82, 2.24) is 20.1 Å². The monoisotopic (exact) mass is 272 g/mol. The fourth-order valence-electron chi connectivity index (χ4n) is 2.00. The molecule has 0 aliphatic rings. The van der Waals surface area contributed by atoms with Gasteiger partial charge in [0.2, 0.25) is 5.91 Å². The second-order valence-corrected chi connectivity index (χ2v) is 4.85. The maximum absolute atomic E-state index is 12.0. The van der Waals surface area contributed by atoms with E-state index in [9.17, 15) is 4.79 Å². The average molecular weight is 272 g/mol. The largest absolute Gasteiger partial charge is 0.338 e. The fraction of sp³-hybridized carbons (Fsp3) is 0.400. The molecule has 106 valence electrons. The van der Waals surface area contributed by atoms with E-state index in [1.165, 1.54) is 17.5 Å². The maximum atomic E-state index is 12.0. The highest BCUT2D eigenvalue weighted by atomic mass is 16.2. The predicted octanol–water partition coefficient (Wildman–Crippen LogP) is 1.96. The minimum Gasteiger partial charge on any atom is -0.338 e. The second kappa shape index (κ2) is 6.84. The molecular formula is C15H20N4O. The van der Waals surface area contributed by atoms with Crippen molar-refractivity contribution in [3.8, 4) is 0 Å². The van der Waals surface area contributed by atoms with E-state index in [0.717, 1.165) is 12.8 Å². The Hall–Kier alpha value is -2.17. The zero-order chi connectivity index (χ0) is 14.4. The zero-order valence-electron chi connectivity index (χ0n) is 12.0. The van der Waals surface area contributed by atoms with Crippen LogP contribution in [0.25, 0.3) is 0 Å². The Morgan fingerprint density at radius 1 is 1.25 bits per heavy atom. The summed E-state index contributed by atoms with van der Waals surface area (Å²) in [5.74, 6) is 0.814. The number of H-pyrrole nitrogens is 1. The van der Waals surface area contributed by atoms with Gasteiger partial charge in [0.15, 0.2) is 0 Å². The van der Waals surface area contributed by atoms with E-state index in [1.807, 2.05) is 0 Å². The van der Waals surface area contributed by atoms with E-state index >= 15 is 0 Å². The van der Waals surface area contributed by atoms with E-state index in [4.69, 9.17) is 0 Å². The molecule has 2 rings (SSSR count). The summed E-state index contributed by atoms with van der Waals surface area (Å²) in [7, 11) is 1.78. The Labute approximate surface area is 119 Å². The number of carbonyl (C=O) groups excluding carboxylic acids is 1. The lowest BCUT2D eigenvalue weighted by Gasteiger charge is -2.15. The van der Waals surface area contributed by atoms with Crippen LogP contribution in [-0.4, -0.2) is 33.0 Å². The Balaban J connectivity index is 1.81. The van der Waals surface area contributed by atoms with Crippen molar-refractivity contribution < 1.29 is 4.79 Å². The first kappa shape index (κ1) is 14.2. The number of rotatable bonds is 6. The lowest BCUT2D eigenvalue weighted by molar-refractivity contribution is -0.130. The first-order valence-corrected chi connectivity index (χ1v) is 6.85. The van der Waals surface area contributed by atoms with Gasteiger partial charge in [0.25, 0.3) is 0 Å². The molecule has 5 nitrogen and oxygen atoms in total. The van der Waals surface area contributed by atoms with Gasteiger partial charge >= 0.3 is 0 Å². The SMILES string of the molecule is CCc1ccc(CCC(=O)N(C)Cc2ncn[nH]2)cc1. The van der Waals surface area contributed by atoms with Gasteiger partial charge in [0, 0.05) is 13.5 Å². The smallest absolute Gasteiger partial charge is 0.223 e. The predicted molar refractivity (Wildman–Crippen MR) is 77.0 cm³/mol. The zero-order valence-corrected chi connectivity index (χ0v) is 12.0. The maximum Gasteiger partial charge on any atom is 0.223 e. The average Bonchev–Trinajstić information content (AvgIpc) is 2.98. The second-order valence-electron chi connectivity index (χ2n) is 4.85. The van der Waals surface area contributed by atoms with E-state index in [2.05, 4.69) is 46.4 Å². The molecule has 5 heteroatoms. The van der Waals surface area contributed by atoms with Crippen molar-refractivity contribution in [3.63, 3.8) is 0 Å². The lowest BCUT2D eigenvalue weighted by Crippen LogP contribution is -2.26. The van der Waals surface area contributed by atoms with Gasteiger partial charge in [-0.3, -0.25) is 9.89 Å². The summed E-state index contributed by atoms with van der Waals surface area (Å²) < 4.78 is 0. The number of aryl methyl sites for hydroxylation is 2. The summed E-state index contributed by atoms with van der Waals surface area (Å²) in [6.07, 6.45) is 3.77. The molecule has 0 bridgehead atoms. The van der Waals surface area contributed by atoms with Gasteiger partial charge in [-0.05, 0) is 24.0 Å². The van der Waals surface area contributed by atoms with Crippen LogP contribution in [0, 0.1) is 0 Å². The molecule has 1 aromatic carbocycles. The highest BCUT2D eigenvalue weighted by molar-refractivity contribution is 5.76. The number of nitrogens with one attached hydrogen (secondary N) is 1. The van der Waals surface area contributed by atoms with Gasteiger partial charge in [-0.2, -0.15) is 5.10 Å². The highest BCUT2D eigenvalue weighted by Crippen LogP contribution is 2.08. The normalized spacial score (nSPS) is 10.5. The number of hydrogen-bond donors (Lipinski definition) is 1. The number of hydrogen-bond acceptors (Lipinski definition) is 3. The van der Waals surface area contributed by atoms with Gasteiger partial charge in [-0.1, -0.05) is 31.2 Å². The molecule has 1 amide bonds. The van der Waals surface area contributed by atoms with Crippen LogP contribution < -0.4 is 0 Å². The van der Waals surface area contributed by atoms with Crippen molar-refractivity contribution >= 4 is 5.91 Å². The highest BCUT2D eigenvalue weighted by Gasteiger charge is 2.10. The van der Waals surface area contributed by atoms with Crippen LogP contribution in [0.1, 0.15) is 30.3 Å². The molecule has 0 aliphatic carbocycles. The van der Waals surface area contributed by atoms with Crippen molar-refractivity contribution in [2.45, 2.75) is 32.7 Å². The molecule has 1 heterocycles. The van der Waals surface area contributed by atoms with Crippen molar-refractivity contribution in [3.05, 3.63) is 47.5 Å². The fourth-order valence-corrected chi connectivity index (χ4v) is 2.00. The van der Waals surface area contributed by atoms with Crippen LogP contribution in [0.4, 0.5) is 0 Å². The molecule has 2 aromatic rings. The van der Waals surface area contributed by atoms with Crippen molar-refractivity contribution in [2.24, 2.45) is 0 Å². The summed E-state index contributed by atoms with van der Waals surface area (Å²) in [5, 5.41) is 6.52. The Kier molecular flexibility index (Phi) is 4.87. The molecule has 0 fully saturated rings. The lowest BCUT2D eigenvalue weighted by atomic mass is 10.1. The third-order valence-corrected chi connectivity index (χ3v) is 3.34. The van der Waals surface area contributed by atoms with Crippen LogP contribution in [0.5, 0.6) is 0 Å². The van der Waals surface area contributed by atoms with Gasteiger partial charge in [-0.25, -0.2) is 4.98 Å². The van der Waals surface area contributed by atoms with Crippen molar-refractivity contribution in [2.75, 3.05) is 7.05 Å². The van der Waals surface area contributed by atoms with Crippen LogP contribution in [0.2, 0.25) is 0 Å². The number of aromatic amines is 1. The molecule has 0 aliphatic heterocycles. The Morgan fingerprint density at radius 2 is 1.95 bits per heavy atom. The number of aromatic nitrogens is 3. The molecule has 1 aromatic heterocycles. The first-order chi connectivity index (χ1) is 9.69. The molecule has 0 saturated heterocycles. The standard InChI is InChI=1S/C15H20N4O/c1-3-12-4-6-13(7-5-12)8-9-15(20)19(2)10-14-16-11-17-18-14/h4-7,11H,3,8-10H2,1-2H3,(H,16,17,18). The third-order valence-electron chi connectivity index (χ3n) is 3.34. The van der Waals surface area contributed by atoms with Gasteiger partial charge < -0.3 is 4.90 Å².